The molecule has 1 aliphatic rings. The fourth-order valence-electron chi connectivity index (χ4n) is 3.64. The van der Waals surface area contributed by atoms with Gasteiger partial charge in [-0.25, -0.2) is 9.37 Å². The fourth-order valence-corrected chi connectivity index (χ4v) is 4.48. The van der Waals surface area contributed by atoms with Crippen LogP contribution in [0.5, 0.6) is 0 Å². The van der Waals surface area contributed by atoms with Crippen LogP contribution in [0.1, 0.15) is 5.01 Å². The first-order valence-corrected chi connectivity index (χ1v) is 10.7. The minimum Gasteiger partial charge on any atom is -0.506 e. The summed E-state index contributed by atoms with van der Waals surface area (Å²) in [5, 5.41) is 22.7. The molecule has 2 N–H and O–H groups in total. The molecule has 1 fully saturated rings. The predicted octanol–water partition coefficient (Wildman–Crippen LogP) is 3.15. The van der Waals surface area contributed by atoms with Gasteiger partial charge in [0.15, 0.2) is 5.76 Å². The van der Waals surface area contributed by atoms with Gasteiger partial charge in [-0.15, -0.1) is 11.3 Å². The molecule has 3 aromatic rings. The van der Waals surface area contributed by atoms with Crippen LogP contribution >= 0.6 is 11.3 Å². The van der Waals surface area contributed by atoms with Crippen molar-refractivity contribution in [1.29, 1.82) is 5.26 Å². The van der Waals surface area contributed by atoms with Crippen LogP contribution in [0.15, 0.2) is 65.7 Å². The third-order valence-corrected chi connectivity index (χ3v) is 6.13. The zero-order valence-corrected chi connectivity index (χ0v) is 17.2. The van der Waals surface area contributed by atoms with Crippen molar-refractivity contribution >= 4 is 22.6 Å². The summed E-state index contributed by atoms with van der Waals surface area (Å²) in [5.41, 5.74) is 2.62. The van der Waals surface area contributed by atoms with Crippen molar-refractivity contribution in [2.75, 3.05) is 37.6 Å². The summed E-state index contributed by atoms with van der Waals surface area (Å²) < 4.78 is 14.0. The zero-order valence-electron chi connectivity index (χ0n) is 16.4. The van der Waals surface area contributed by atoms with Crippen molar-refractivity contribution in [1.82, 2.24) is 4.98 Å². The molecule has 1 saturated heterocycles. The Morgan fingerprint density at radius 2 is 1.83 bits per heavy atom. The van der Waals surface area contributed by atoms with E-state index in [1.54, 1.807) is 12.1 Å². The van der Waals surface area contributed by atoms with Gasteiger partial charge in [0.2, 0.25) is 0 Å². The Balaban J connectivity index is 1.43. The molecule has 0 radical (unpaired) electrons. The lowest BCUT2D eigenvalue weighted by Crippen LogP contribution is -3.15. The van der Waals surface area contributed by atoms with Crippen molar-refractivity contribution in [2.45, 2.75) is 0 Å². The van der Waals surface area contributed by atoms with Crippen LogP contribution in [-0.2, 0) is 0 Å². The number of aliphatic hydroxyl groups excluding tert-OH is 1. The first kappa shape index (κ1) is 20.1. The van der Waals surface area contributed by atoms with Crippen molar-refractivity contribution in [2.24, 2.45) is 0 Å². The number of hydrogen-bond donors (Lipinski definition) is 2. The molecule has 0 amide bonds. The van der Waals surface area contributed by atoms with Gasteiger partial charge in [-0.3, -0.25) is 0 Å². The third-order valence-electron chi connectivity index (χ3n) is 5.27. The maximum atomic E-state index is 14.0. The molecule has 1 aliphatic heterocycles. The average molecular weight is 422 g/mol. The molecule has 0 saturated carbocycles. The molecule has 1 aromatic heterocycles. The van der Waals surface area contributed by atoms with Crippen molar-refractivity contribution < 1.29 is 14.4 Å². The largest absolute Gasteiger partial charge is 0.506 e. The number of aliphatic hydroxyl groups is 1. The van der Waals surface area contributed by atoms with Crippen LogP contribution in [0, 0.1) is 17.1 Å². The van der Waals surface area contributed by atoms with Gasteiger partial charge in [-0.1, -0.05) is 42.5 Å². The molecule has 4 rings (SSSR count). The molecule has 152 valence electrons. The first-order chi connectivity index (χ1) is 14.7. The van der Waals surface area contributed by atoms with E-state index in [4.69, 9.17) is 0 Å². The van der Waals surface area contributed by atoms with E-state index in [0.29, 0.717) is 30.3 Å². The van der Waals surface area contributed by atoms with Crippen molar-refractivity contribution in [3.8, 4) is 17.3 Å². The van der Waals surface area contributed by atoms with E-state index >= 15 is 0 Å². The number of rotatable bonds is 5. The zero-order chi connectivity index (χ0) is 20.9. The number of halogens is 1. The number of allylic oxidation sites excluding steroid dienone is 1. The van der Waals surface area contributed by atoms with Gasteiger partial charge in [0.05, 0.1) is 37.6 Å². The molecule has 2 heterocycles. The number of para-hydroxylation sites is 1. The second-order valence-electron chi connectivity index (χ2n) is 7.20. The van der Waals surface area contributed by atoms with E-state index in [1.165, 1.54) is 17.4 Å². The number of piperazine rings is 1. The maximum absolute atomic E-state index is 14.0. The minimum absolute atomic E-state index is 0.0563. The second-order valence-corrected chi connectivity index (χ2v) is 8.06. The molecule has 5 nitrogen and oxygen atoms in total. The van der Waals surface area contributed by atoms with E-state index in [1.807, 2.05) is 46.7 Å². The number of nitriles is 1. The monoisotopic (exact) mass is 421 g/mol. The van der Waals surface area contributed by atoms with E-state index in [2.05, 4.69) is 11.1 Å². The molecule has 0 bridgehead atoms. The lowest BCUT2D eigenvalue weighted by molar-refractivity contribution is -0.897. The predicted molar refractivity (Wildman–Crippen MR) is 117 cm³/mol. The van der Waals surface area contributed by atoms with Crippen molar-refractivity contribution in [3.05, 3.63) is 76.6 Å². The summed E-state index contributed by atoms with van der Waals surface area (Å²) in [7, 11) is 0. The smallest absolute Gasteiger partial charge is 0.168 e. The van der Waals surface area contributed by atoms with Crippen LogP contribution in [0.25, 0.3) is 16.8 Å². The molecule has 30 heavy (non-hydrogen) atoms. The number of benzene rings is 2. The van der Waals surface area contributed by atoms with Gasteiger partial charge in [-0.05, 0) is 12.1 Å². The van der Waals surface area contributed by atoms with Gasteiger partial charge in [-0.2, -0.15) is 5.26 Å². The van der Waals surface area contributed by atoms with Crippen molar-refractivity contribution in [3.63, 3.8) is 0 Å². The second kappa shape index (κ2) is 9.08. The van der Waals surface area contributed by atoms with Crippen LogP contribution in [-0.4, -0.2) is 42.8 Å². The molecular formula is C23H22FN4OS+. The van der Waals surface area contributed by atoms with E-state index in [0.717, 1.165) is 29.2 Å². The Bertz CT molecular complexity index is 1080. The summed E-state index contributed by atoms with van der Waals surface area (Å²) in [6, 6.07) is 18.7. The molecule has 7 heteroatoms. The standard InChI is InChI=1S/C23H21FN4OS/c24-19-8-4-5-9-21(19)28-12-10-27(11-13-28)15-22(29)18(14-25)23-26-20(16-30-23)17-6-2-1-3-7-17/h1-9,16,29H,10-13,15H2/p+1/b22-18-. The normalized spacial score (nSPS) is 15.5. The number of quaternary nitrogens is 1. The summed E-state index contributed by atoms with van der Waals surface area (Å²) in [5.74, 6) is -0.158. The van der Waals surface area contributed by atoms with E-state index < -0.39 is 0 Å². The van der Waals surface area contributed by atoms with Crippen LogP contribution in [0.2, 0.25) is 0 Å². The summed E-state index contributed by atoms with van der Waals surface area (Å²) in [6.45, 7) is 3.25. The third kappa shape index (κ3) is 4.35. The number of thiazole rings is 1. The fraction of sp³-hybridized carbons (Fsp3) is 0.217. The number of nitrogens with zero attached hydrogens (tertiary/aromatic N) is 3. The lowest BCUT2D eigenvalue weighted by Gasteiger charge is -2.33. The average Bonchev–Trinajstić information content (AvgIpc) is 3.26. The Morgan fingerprint density at radius 3 is 2.53 bits per heavy atom. The highest BCUT2D eigenvalue weighted by Gasteiger charge is 2.24. The SMILES string of the molecule is N#C/C(=C(/O)C[NH+]1CCN(c2ccccc2F)CC1)c1nc(-c2ccccc2)cs1. The van der Waals surface area contributed by atoms with E-state index in [9.17, 15) is 14.8 Å². The van der Waals surface area contributed by atoms with Crippen LogP contribution < -0.4 is 9.80 Å². The van der Waals surface area contributed by atoms with Crippen LogP contribution in [0.4, 0.5) is 10.1 Å². The first-order valence-electron chi connectivity index (χ1n) is 9.82. The van der Waals surface area contributed by atoms with Gasteiger partial charge >= 0.3 is 0 Å². The van der Waals surface area contributed by atoms with E-state index in [-0.39, 0.29) is 17.1 Å². The topological polar surface area (TPSA) is 64.6 Å². The summed E-state index contributed by atoms with van der Waals surface area (Å²) >= 11 is 1.36. The summed E-state index contributed by atoms with van der Waals surface area (Å²) in [6.07, 6.45) is 0. The van der Waals surface area contributed by atoms with Gasteiger partial charge in [0.1, 0.15) is 29.0 Å². The molecule has 0 aliphatic carbocycles. The Hall–Kier alpha value is -3.21. The Kier molecular flexibility index (Phi) is 6.07. The number of hydrogen-bond acceptors (Lipinski definition) is 5. The van der Waals surface area contributed by atoms with Gasteiger partial charge in [0, 0.05) is 10.9 Å². The van der Waals surface area contributed by atoms with Gasteiger partial charge in [0.25, 0.3) is 0 Å². The maximum Gasteiger partial charge on any atom is 0.168 e. The number of aromatic nitrogens is 1. The van der Waals surface area contributed by atoms with Gasteiger partial charge < -0.3 is 14.9 Å². The highest BCUT2D eigenvalue weighted by atomic mass is 32.1. The number of anilines is 1. The number of nitrogens with one attached hydrogen (secondary N) is 1. The quantitative estimate of drug-likeness (QED) is 0.491. The van der Waals surface area contributed by atoms with Crippen LogP contribution in [0.3, 0.4) is 0 Å². The Labute approximate surface area is 179 Å². The highest BCUT2D eigenvalue weighted by Crippen LogP contribution is 2.27. The highest BCUT2D eigenvalue weighted by molar-refractivity contribution is 7.11. The minimum atomic E-state index is -0.214. The molecule has 0 spiro atoms. The lowest BCUT2D eigenvalue weighted by atomic mass is 10.2. The molecule has 2 aromatic carbocycles. The molecule has 0 unspecified atom stereocenters. The molecule has 0 atom stereocenters. The molecular weight excluding hydrogens is 399 g/mol. The summed E-state index contributed by atoms with van der Waals surface area (Å²) in [4.78, 5) is 7.73. The Morgan fingerprint density at radius 1 is 1.13 bits per heavy atom.